The van der Waals surface area contributed by atoms with E-state index in [0.29, 0.717) is 46.8 Å². The first kappa shape index (κ1) is 19.1. The number of anilines is 1. The molecule has 2 heterocycles. The van der Waals surface area contributed by atoms with E-state index in [1.165, 1.54) is 0 Å². The molecule has 4 rings (SSSR count). The Morgan fingerprint density at radius 3 is 2.39 bits per heavy atom. The van der Waals surface area contributed by atoms with Crippen molar-refractivity contribution in [3.05, 3.63) is 75.5 Å². The molecule has 1 aliphatic rings. The van der Waals surface area contributed by atoms with Crippen LogP contribution in [0.15, 0.2) is 54.9 Å². The van der Waals surface area contributed by atoms with Crippen LogP contribution in [-0.2, 0) is 0 Å². The number of benzene rings is 2. The molecule has 0 N–H and O–H groups in total. The van der Waals surface area contributed by atoms with Gasteiger partial charge in [-0.05, 0) is 36.4 Å². The highest BCUT2D eigenvalue weighted by molar-refractivity contribution is 6.36. The number of piperazine rings is 1. The predicted octanol–water partition coefficient (Wildman–Crippen LogP) is 4.79. The first-order valence-electron chi connectivity index (χ1n) is 8.81. The molecule has 28 heavy (non-hydrogen) atoms. The van der Waals surface area contributed by atoms with Crippen LogP contribution in [0.1, 0.15) is 10.4 Å². The maximum Gasteiger partial charge on any atom is 0.255 e. The van der Waals surface area contributed by atoms with Crippen LogP contribution in [0.3, 0.4) is 0 Å². The Hall–Kier alpha value is -2.21. The van der Waals surface area contributed by atoms with Crippen LogP contribution in [0.5, 0.6) is 0 Å². The van der Waals surface area contributed by atoms with Crippen molar-refractivity contribution in [1.29, 1.82) is 0 Å². The molecular formula is C20H17Cl3N4O. The summed E-state index contributed by atoms with van der Waals surface area (Å²) in [6.45, 7) is 2.52. The number of amides is 1. The molecule has 8 heteroatoms. The molecule has 144 valence electrons. The van der Waals surface area contributed by atoms with Crippen molar-refractivity contribution in [2.45, 2.75) is 0 Å². The van der Waals surface area contributed by atoms with Crippen LogP contribution < -0.4 is 4.90 Å². The molecule has 3 aromatic rings. The lowest BCUT2D eigenvalue weighted by molar-refractivity contribution is 0.0746. The topological polar surface area (TPSA) is 41.4 Å². The average Bonchev–Trinajstić information content (AvgIpc) is 3.17. The molecule has 1 aliphatic heterocycles. The van der Waals surface area contributed by atoms with Gasteiger partial charge in [0.15, 0.2) is 0 Å². The largest absolute Gasteiger partial charge is 0.338 e. The lowest BCUT2D eigenvalue weighted by atomic mass is 10.2. The zero-order valence-electron chi connectivity index (χ0n) is 14.9. The third-order valence-corrected chi connectivity index (χ3v) is 5.50. The van der Waals surface area contributed by atoms with Crippen LogP contribution in [0.4, 0.5) is 5.95 Å². The van der Waals surface area contributed by atoms with E-state index in [0.717, 1.165) is 11.6 Å². The highest BCUT2D eigenvalue weighted by Crippen LogP contribution is 2.25. The van der Waals surface area contributed by atoms with Crippen LogP contribution in [0, 0.1) is 0 Å². The van der Waals surface area contributed by atoms with Crippen molar-refractivity contribution >= 4 is 46.7 Å². The maximum absolute atomic E-state index is 12.8. The van der Waals surface area contributed by atoms with Gasteiger partial charge in [-0.3, -0.25) is 9.36 Å². The molecule has 0 unspecified atom stereocenters. The number of halogens is 3. The second-order valence-electron chi connectivity index (χ2n) is 6.48. The Bertz CT molecular complexity index is 1010. The summed E-state index contributed by atoms with van der Waals surface area (Å²) in [7, 11) is 0. The van der Waals surface area contributed by atoms with Crippen LogP contribution in [0.2, 0.25) is 15.1 Å². The molecule has 1 saturated heterocycles. The van der Waals surface area contributed by atoms with Crippen molar-refractivity contribution in [3.8, 4) is 5.69 Å². The Kier molecular flexibility index (Phi) is 5.49. The fraction of sp³-hybridized carbons (Fsp3) is 0.200. The van der Waals surface area contributed by atoms with Crippen LogP contribution in [0.25, 0.3) is 5.69 Å². The highest BCUT2D eigenvalue weighted by Gasteiger charge is 2.25. The second-order valence-corrected chi connectivity index (χ2v) is 7.76. The summed E-state index contributed by atoms with van der Waals surface area (Å²) >= 11 is 18.2. The van der Waals surface area contributed by atoms with Gasteiger partial charge in [-0.25, -0.2) is 4.98 Å². The minimum absolute atomic E-state index is 0.0838. The Morgan fingerprint density at radius 2 is 1.68 bits per heavy atom. The average molecular weight is 436 g/mol. The Balaban J connectivity index is 1.48. The van der Waals surface area contributed by atoms with Gasteiger partial charge in [0.1, 0.15) is 0 Å². The van der Waals surface area contributed by atoms with Gasteiger partial charge in [-0.15, -0.1) is 0 Å². The number of hydrogen-bond donors (Lipinski definition) is 0. The molecule has 0 saturated carbocycles. The highest BCUT2D eigenvalue weighted by atomic mass is 35.5. The van der Waals surface area contributed by atoms with Gasteiger partial charge in [-0.1, -0.05) is 40.9 Å². The standard InChI is InChI=1S/C20H17Cl3N4O/c21-14-2-1-3-16(12-14)27-7-6-24-20(27)26-10-8-25(9-11-26)19(28)17-5-4-15(22)13-18(17)23/h1-7,12-13H,8-11H2. The third-order valence-electron chi connectivity index (χ3n) is 4.72. The summed E-state index contributed by atoms with van der Waals surface area (Å²) in [4.78, 5) is 21.3. The van der Waals surface area contributed by atoms with Gasteiger partial charge in [0.25, 0.3) is 5.91 Å². The number of carbonyl (C=O) groups is 1. The monoisotopic (exact) mass is 434 g/mol. The number of hydrogen-bond acceptors (Lipinski definition) is 3. The predicted molar refractivity (Wildman–Crippen MR) is 113 cm³/mol. The minimum Gasteiger partial charge on any atom is -0.338 e. The summed E-state index contributed by atoms with van der Waals surface area (Å²) in [5.41, 5.74) is 1.42. The van der Waals surface area contributed by atoms with Gasteiger partial charge >= 0.3 is 0 Å². The zero-order valence-corrected chi connectivity index (χ0v) is 17.1. The number of imidazole rings is 1. The van der Waals surface area contributed by atoms with Crippen molar-refractivity contribution in [2.75, 3.05) is 31.1 Å². The molecule has 5 nitrogen and oxygen atoms in total. The summed E-state index contributed by atoms with van der Waals surface area (Å²) in [5.74, 6) is 0.749. The van der Waals surface area contributed by atoms with Gasteiger partial charge < -0.3 is 9.80 Å². The van der Waals surface area contributed by atoms with Crippen molar-refractivity contribution < 1.29 is 4.79 Å². The van der Waals surface area contributed by atoms with E-state index in [1.807, 2.05) is 35.0 Å². The van der Waals surface area contributed by atoms with E-state index in [2.05, 4.69) is 9.88 Å². The van der Waals surface area contributed by atoms with Gasteiger partial charge in [-0.2, -0.15) is 0 Å². The summed E-state index contributed by atoms with van der Waals surface area (Å²) in [6, 6.07) is 12.6. The quantitative estimate of drug-likeness (QED) is 0.594. The number of nitrogens with zero attached hydrogens (tertiary/aromatic N) is 4. The summed E-state index contributed by atoms with van der Waals surface area (Å²) in [5, 5.41) is 1.56. The Labute approximate surface area is 178 Å². The third kappa shape index (κ3) is 3.83. The first-order chi connectivity index (χ1) is 13.5. The fourth-order valence-electron chi connectivity index (χ4n) is 3.30. The van der Waals surface area contributed by atoms with Gasteiger partial charge in [0.05, 0.1) is 10.6 Å². The minimum atomic E-state index is -0.0838. The van der Waals surface area contributed by atoms with Gasteiger partial charge in [0.2, 0.25) is 5.95 Å². The van der Waals surface area contributed by atoms with E-state index in [-0.39, 0.29) is 5.91 Å². The van der Waals surface area contributed by atoms with E-state index >= 15 is 0 Å². The lowest BCUT2D eigenvalue weighted by Crippen LogP contribution is -2.49. The van der Waals surface area contributed by atoms with E-state index in [4.69, 9.17) is 34.8 Å². The summed E-state index contributed by atoms with van der Waals surface area (Å²) < 4.78 is 2.00. The lowest BCUT2D eigenvalue weighted by Gasteiger charge is -2.35. The SMILES string of the molecule is O=C(c1ccc(Cl)cc1Cl)N1CCN(c2nccn2-c2cccc(Cl)c2)CC1. The molecule has 0 spiro atoms. The zero-order chi connectivity index (χ0) is 19.7. The molecule has 1 amide bonds. The number of carbonyl (C=O) groups excluding carboxylic acids is 1. The molecule has 0 bridgehead atoms. The Morgan fingerprint density at radius 1 is 0.929 bits per heavy atom. The van der Waals surface area contributed by atoms with Crippen molar-refractivity contribution in [2.24, 2.45) is 0 Å². The normalized spacial score (nSPS) is 14.4. The maximum atomic E-state index is 12.8. The van der Waals surface area contributed by atoms with Crippen molar-refractivity contribution in [1.82, 2.24) is 14.5 Å². The fourth-order valence-corrected chi connectivity index (χ4v) is 3.97. The molecule has 1 fully saturated rings. The molecule has 0 radical (unpaired) electrons. The summed E-state index contributed by atoms with van der Waals surface area (Å²) in [6.07, 6.45) is 3.67. The first-order valence-corrected chi connectivity index (χ1v) is 9.95. The van der Waals surface area contributed by atoms with Gasteiger partial charge in [0, 0.05) is 54.3 Å². The number of rotatable bonds is 3. The van der Waals surface area contributed by atoms with E-state index < -0.39 is 0 Å². The van der Waals surface area contributed by atoms with Crippen LogP contribution >= 0.6 is 34.8 Å². The second kappa shape index (κ2) is 8.03. The van der Waals surface area contributed by atoms with E-state index in [1.54, 1.807) is 29.3 Å². The number of aromatic nitrogens is 2. The molecular weight excluding hydrogens is 419 g/mol. The molecule has 0 atom stereocenters. The molecule has 2 aromatic carbocycles. The smallest absolute Gasteiger partial charge is 0.255 e. The molecule has 0 aliphatic carbocycles. The van der Waals surface area contributed by atoms with E-state index in [9.17, 15) is 4.79 Å². The molecule has 1 aromatic heterocycles. The van der Waals surface area contributed by atoms with Crippen molar-refractivity contribution in [3.63, 3.8) is 0 Å². The van der Waals surface area contributed by atoms with Crippen LogP contribution in [-0.4, -0.2) is 46.5 Å².